The van der Waals surface area contributed by atoms with E-state index < -0.39 is 23.4 Å². The van der Waals surface area contributed by atoms with Gasteiger partial charge in [0.15, 0.2) is 28.7 Å². The summed E-state index contributed by atoms with van der Waals surface area (Å²) in [6.07, 6.45) is 2.88. The fourth-order valence-electron chi connectivity index (χ4n) is 2.50. The minimum atomic E-state index is -1.36. The highest BCUT2D eigenvalue weighted by Crippen LogP contribution is 2.29. The zero-order valence-corrected chi connectivity index (χ0v) is 17.6. The number of carboxylic acids is 1. The minimum absolute atomic E-state index is 0.0264. The molecule has 0 unspecified atom stereocenters. The second-order valence-electron chi connectivity index (χ2n) is 6.96. The minimum Gasteiger partial charge on any atom is -0.493 e. The van der Waals surface area contributed by atoms with E-state index in [1.807, 2.05) is 0 Å². The molecule has 8 heteroatoms. The molecule has 0 bridgehead atoms. The molecular weight excluding hydrogens is 407 g/mol. The fourth-order valence-corrected chi connectivity index (χ4v) is 2.50. The topological polar surface area (TPSA) is 91.3 Å². The molecule has 0 atom stereocenters. The third-order valence-corrected chi connectivity index (χ3v) is 4.08. The molecule has 0 saturated carbocycles. The average Bonchev–Trinajstić information content (AvgIpc) is 2.73. The molecule has 0 aliphatic heterocycles. The molecule has 0 amide bonds. The van der Waals surface area contributed by atoms with Gasteiger partial charge in [-0.2, -0.15) is 0 Å². The van der Waals surface area contributed by atoms with Gasteiger partial charge in [0.2, 0.25) is 0 Å². The summed E-state index contributed by atoms with van der Waals surface area (Å²) in [6, 6.07) is 10.8. The van der Waals surface area contributed by atoms with Crippen molar-refractivity contribution in [3.63, 3.8) is 0 Å². The maximum atomic E-state index is 13.7. The predicted molar refractivity (Wildman–Crippen MR) is 112 cm³/mol. The molecule has 0 spiro atoms. The van der Waals surface area contributed by atoms with Crippen molar-refractivity contribution in [1.82, 2.24) is 0 Å². The van der Waals surface area contributed by atoms with Gasteiger partial charge in [0, 0.05) is 12.5 Å². The van der Waals surface area contributed by atoms with Crippen LogP contribution in [0, 0.1) is 5.82 Å². The predicted octanol–water partition coefficient (Wildman–Crippen LogP) is 4.10. The number of methoxy groups -OCH3 is 1. The number of ether oxygens (including phenoxy) is 4. The Morgan fingerprint density at radius 3 is 2.48 bits per heavy atom. The molecule has 166 valence electrons. The third-order valence-electron chi connectivity index (χ3n) is 4.08. The number of benzene rings is 2. The lowest BCUT2D eigenvalue weighted by Gasteiger charge is -2.24. The van der Waals surface area contributed by atoms with Gasteiger partial charge in [-0.3, -0.25) is 0 Å². The van der Waals surface area contributed by atoms with E-state index >= 15 is 0 Å². The van der Waals surface area contributed by atoms with Gasteiger partial charge in [0.1, 0.15) is 0 Å². The van der Waals surface area contributed by atoms with Crippen molar-refractivity contribution in [2.45, 2.75) is 25.9 Å². The summed E-state index contributed by atoms with van der Waals surface area (Å²) in [5.74, 6) is -1.33. The lowest BCUT2D eigenvalue weighted by atomic mass is 10.1. The van der Waals surface area contributed by atoms with E-state index in [1.165, 1.54) is 45.2 Å². The molecule has 0 heterocycles. The van der Waals surface area contributed by atoms with Crippen molar-refractivity contribution in [2.75, 3.05) is 20.3 Å². The molecule has 2 aromatic carbocycles. The Balaban J connectivity index is 1.81. The zero-order chi connectivity index (χ0) is 22.9. The molecular formula is C23H25FO7. The molecule has 2 aromatic rings. The molecule has 1 N–H and O–H groups in total. The first kappa shape index (κ1) is 23.7. The van der Waals surface area contributed by atoms with Gasteiger partial charge < -0.3 is 24.1 Å². The average molecular weight is 432 g/mol. The van der Waals surface area contributed by atoms with E-state index in [4.69, 9.17) is 24.1 Å². The summed E-state index contributed by atoms with van der Waals surface area (Å²) >= 11 is 0. The van der Waals surface area contributed by atoms with Crippen molar-refractivity contribution in [2.24, 2.45) is 0 Å². The van der Waals surface area contributed by atoms with Crippen LogP contribution in [0.5, 0.6) is 17.2 Å². The number of hydrogen-bond acceptors (Lipinski definition) is 6. The smallest absolute Gasteiger partial charge is 0.349 e. The highest BCUT2D eigenvalue weighted by Gasteiger charge is 2.32. The Morgan fingerprint density at radius 1 is 1.06 bits per heavy atom. The van der Waals surface area contributed by atoms with Crippen LogP contribution in [0.4, 0.5) is 4.39 Å². The molecule has 0 aromatic heterocycles. The van der Waals surface area contributed by atoms with Crippen molar-refractivity contribution < 1.29 is 38.0 Å². The highest BCUT2D eigenvalue weighted by atomic mass is 19.1. The zero-order valence-electron chi connectivity index (χ0n) is 17.6. The number of aliphatic carboxylic acids is 1. The van der Waals surface area contributed by atoms with E-state index in [0.29, 0.717) is 23.5 Å². The summed E-state index contributed by atoms with van der Waals surface area (Å²) < 4.78 is 35.3. The van der Waals surface area contributed by atoms with Crippen LogP contribution in [0.15, 0.2) is 48.5 Å². The van der Waals surface area contributed by atoms with Gasteiger partial charge >= 0.3 is 11.9 Å². The Hall–Kier alpha value is -3.55. The maximum absolute atomic E-state index is 13.7. The van der Waals surface area contributed by atoms with Gasteiger partial charge in [0.05, 0.1) is 20.3 Å². The Bertz CT molecular complexity index is 937. The van der Waals surface area contributed by atoms with E-state index in [0.717, 1.165) is 6.08 Å². The van der Waals surface area contributed by atoms with Crippen LogP contribution in [-0.4, -0.2) is 43.0 Å². The first-order valence-electron chi connectivity index (χ1n) is 9.55. The second kappa shape index (κ2) is 11.0. The van der Waals surface area contributed by atoms with E-state index in [2.05, 4.69) is 0 Å². The van der Waals surface area contributed by atoms with Crippen molar-refractivity contribution in [1.29, 1.82) is 0 Å². The molecule has 0 radical (unpaired) electrons. The van der Waals surface area contributed by atoms with Gasteiger partial charge in [-0.05, 0) is 49.8 Å². The van der Waals surface area contributed by atoms with Gasteiger partial charge in [-0.25, -0.2) is 14.0 Å². The molecule has 0 saturated heterocycles. The summed E-state index contributed by atoms with van der Waals surface area (Å²) in [5.41, 5.74) is -0.705. The number of carbonyl (C=O) groups excluding carboxylic acids is 1. The quantitative estimate of drug-likeness (QED) is 0.325. The number of hydrogen-bond donors (Lipinski definition) is 1. The maximum Gasteiger partial charge on any atom is 0.349 e. The van der Waals surface area contributed by atoms with E-state index in [-0.39, 0.29) is 19.0 Å². The molecule has 0 aliphatic carbocycles. The molecule has 0 aliphatic rings. The first-order valence-corrected chi connectivity index (χ1v) is 9.55. The monoisotopic (exact) mass is 432 g/mol. The Labute approximate surface area is 180 Å². The van der Waals surface area contributed by atoms with Crippen LogP contribution in [0.3, 0.4) is 0 Å². The largest absolute Gasteiger partial charge is 0.493 e. The molecule has 7 nitrogen and oxygen atoms in total. The number of carbonyl (C=O) groups is 2. The third kappa shape index (κ3) is 7.33. The SMILES string of the molecule is COc1cc(/C=C/C(=O)O)ccc1OCCCOC(=O)C(C)(C)Oc1ccccc1F. The number of rotatable bonds is 11. The van der Waals surface area contributed by atoms with Crippen LogP contribution in [-0.2, 0) is 14.3 Å². The summed E-state index contributed by atoms with van der Waals surface area (Å²) in [5, 5.41) is 8.69. The van der Waals surface area contributed by atoms with Crippen LogP contribution in [0.2, 0.25) is 0 Å². The number of carboxylic acid groups (broad SMARTS) is 1. The van der Waals surface area contributed by atoms with Crippen LogP contribution < -0.4 is 14.2 Å². The van der Waals surface area contributed by atoms with Crippen molar-refractivity contribution >= 4 is 18.0 Å². The van der Waals surface area contributed by atoms with Gasteiger partial charge in [-0.15, -0.1) is 0 Å². The summed E-state index contributed by atoms with van der Waals surface area (Å²) in [4.78, 5) is 22.9. The number of halogens is 1. The van der Waals surface area contributed by atoms with Gasteiger partial charge in [0.25, 0.3) is 0 Å². The Morgan fingerprint density at radius 2 is 1.81 bits per heavy atom. The standard InChI is InChI=1S/C23H25FO7/c1-23(2,31-18-8-5-4-7-17(18)24)22(27)30-14-6-13-29-19-11-9-16(10-12-21(25)26)15-20(19)28-3/h4-5,7-12,15H,6,13-14H2,1-3H3,(H,25,26)/b12-10+. The summed E-state index contributed by atoms with van der Waals surface area (Å²) in [7, 11) is 1.48. The van der Waals surface area contributed by atoms with Crippen LogP contribution in [0.25, 0.3) is 6.08 Å². The lowest BCUT2D eigenvalue weighted by molar-refractivity contribution is -0.159. The highest BCUT2D eigenvalue weighted by molar-refractivity contribution is 5.85. The number of esters is 1. The first-order chi connectivity index (χ1) is 14.7. The lowest BCUT2D eigenvalue weighted by Crippen LogP contribution is -2.40. The molecule has 31 heavy (non-hydrogen) atoms. The van der Waals surface area contributed by atoms with Crippen LogP contribution >= 0.6 is 0 Å². The van der Waals surface area contributed by atoms with Crippen molar-refractivity contribution in [3.8, 4) is 17.2 Å². The Kier molecular flexibility index (Phi) is 8.43. The van der Waals surface area contributed by atoms with Gasteiger partial charge in [-0.1, -0.05) is 18.2 Å². The van der Waals surface area contributed by atoms with Crippen LogP contribution in [0.1, 0.15) is 25.8 Å². The fraction of sp³-hybridized carbons (Fsp3) is 0.304. The van der Waals surface area contributed by atoms with E-state index in [9.17, 15) is 14.0 Å². The van der Waals surface area contributed by atoms with E-state index in [1.54, 1.807) is 24.3 Å². The second-order valence-corrected chi connectivity index (χ2v) is 6.96. The normalized spacial score (nSPS) is 11.2. The molecule has 0 fully saturated rings. The number of para-hydroxylation sites is 1. The summed E-state index contributed by atoms with van der Waals surface area (Å²) in [6.45, 7) is 3.35. The van der Waals surface area contributed by atoms with Crippen molar-refractivity contribution in [3.05, 3.63) is 59.9 Å². The molecule has 2 rings (SSSR count).